The number of hydrogen-bond donors (Lipinski definition) is 0. The van der Waals surface area contributed by atoms with Crippen LogP contribution in [0.5, 0.6) is 0 Å². The lowest BCUT2D eigenvalue weighted by molar-refractivity contribution is -0.127. The first-order valence-electron chi connectivity index (χ1n) is 9.27. The van der Waals surface area contributed by atoms with Gasteiger partial charge in [0.2, 0.25) is 0 Å². The number of nitrogens with zero attached hydrogens (tertiary/aromatic N) is 1. The summed E-state index contributed by atoms with van der Waals surface area (Å²) in [6.45, 7) is 0.860. The van der Waals surface area contributed by atoms with Crippen LogP contribution in [-0.4, -0.2) is 17.7 Å². The maximum atomic E-state index is 13.2. The molecule has 0 radical (unpaired) electrons. The lowest BCUT2D eigenvalue weighted by atomic mass is 9.64. The highest BCUT2D eigenvalue weighted by atomic mass is 35.5. The van der Waals surface area contributed by atoms with Crippen LogP contribution in [0.3, 0.4) is 0 Å². The molecule has 0 spiro atoms. The van der Waals surface area contributed by atoms with E-state index in [1.807, 2.05) is 0 Å². The fourth-order valence-corrected chi connectivity index (χ4v) is 5.03. The second kappa shape index (κ2) is 6.84. The fraction of sp³-hybridized carbons (Fsp3) is 0.409. The van der Waals surface area contributed by atoms with E-state index in [9.17, 15) is 4.79 Å². The SMILES string of the molecule is O=C1CCC[C@@H]2N(Cc3ccccc3)c3ccccc3[C@]12CCCCl. The molecule has 0 N–H and O–H groups in total. The molecule has 0 saturated heterocycles. The van der Waals surface area contributed by atoms with Gasteiger partial charge in [0, 0.05) is 30.6 Å². The first kappa shape index (κ1) is 16.7. The summed E-state index contributed by atoms with van der Waals surface area (Å²) < 4.78 is 0. The van der Waals surface area contributed by atoms with Crippen molar-refractivity contribution in [1.82, 2.24) is 0 Å². The van der Waals surface area contributed by atoms with Crippen molar-refractivity contribution < 1.29 is 4.79 Å². The predicted molar refractivity (Wildman–Crippen MR) is 103 cm³/mol. The molecule has 0 unspecified atom stereocenters. The van der Waals surface area contributed by atoms with Crippen LogP contribution in [0.15, 0.2) is 54.6 Å². The van der Waals surface area contributed by atoms with Crippen molar-refractivity contribution in [3.05, 3.63) is 65.7 Å². The van der Waals surface area contributed by atoms with Gasteiger partial charge in [-0.05, 0) is 42.9 Å². The molecule has 0 aromatic heterocycles. The van der Waals surface area contributed by atoms with E-state index in [0.717, 1.165) is 32.2 Å². The topological polar surface area (TPSA) is 20.3 Å². The summed E-state index contributed by atoms with van der Waals surface area (Å²) in [5.41, 5.74) is 3.40. The Morgan fingerprint density at radius 1 is 1.08 bits per heavy atom. The van der Waals surface area contributed by atoms with Gasteiger partial charge in [-0.3, -0.25) is 4.79 Å². The van der Waals surface area contributed by atoms with Crippen LogP contribution in [0.2, 0.25) is 0 Å². The van der Waals surface area contributed by atoms with Crippen molar-refractivity contribution in [2.45, 2.75) is 50.1 Å². The lowest BCUT2D eigenvalue weighted by Crippen LogP contribution is -2.52. The molecule has 1 aliphatic carbocycles. The first-order valence-corrected chi connectivity index (χ1v) is 9.80. The average Bonchev–Trinajstić information content (AvgIpc) is 2.93. The predicted octanol–water partition coefficient (Wildman–Crippen LogP) is 5.09. The molecule has 1 heterocycles. The van der Waals surface area contributed by atoms with Gasteiger partial charge < -0.3 is 4.90 Å². The summed E-state index contributed by atoms with van der Waals surface area (Å²) >= 11 is 6.02. The highest BCUT2D eigenvalue weighted by Gasteiger charge is 2.55. The Kier molecular flexibility index (Phi) is 4.56. The summed E-state index contributed by atoms with van der Waals surface area (Å²) in [5, 5.41) is 0. The molecular weight excluding hydrogens is 330 g/mol. The monoisotopic (exact) mass is 353 g/mol. The van der Waals surface area contributed by atoms with Crippen molar-refractivity contribution in [2.24, 2.45) is 0 Å². The van der Waals surface area contributed by atoms with Gasteiger partial charge in [0.1, 0.15) is 5.78 Å². The van der Waals surface area contributed by atoms with E-state index in [4.69, 9.17) is 11.6 Å². The number of carbonyl (C=O) groups is 1. The molecule has 4 rings (SSSR count). The highest BCUT2D eigenvalue weighted by molar-refractivity contribution is 6.17. The number of para-hydroxylation sites is 1. The first-order chi connectivity index (χ1) is 12.3. The van der Waals surface area contributed by atoms with Gasteiger partial charge in [-0.15, -0.1) is 11.6 Å². The minimum Gasteiger partial charge on any atom is -0.363 e. The summed E-state index contributed by atoms with van der Waals surface area (Å²) in [7, 11) is 0. The van der Waals surface area contributed by atoms with E-state index in [1.54, 1.807) is 0 Å². The normalized spacial score (nSPS) is 24.9. The molecule has 2 aromatic carbocycles. The largest absolute Gasteiger partial charge is 0.363 e. The van der Waals surface area contributed by atoms with Crippen LogP contribution in [0.1, 0.15) is 43.2 Å². The van der Waals surface area contributed by atoms with Gasteiger partial charge in [-0.2, -0.15) is 0 Å². The third-order valence-electron chi connectivity index (χ3n) is 5.92. The number of anilines is 1. The summed E-state index contributed by atoms with van der Waals surface area (Å²) in [4.78, 5) is 15.7. The van der Waals surface area contributed by atoms with Crippen molar-refractivity contribution in [2.75, 3.05) is 10.8 Å². The Morgan fingerprint density at radius 2 is 1.84 bits per heavy atom. The third-order valence-corrected chi connectivity index (χ3v) is 6.19. The van der Waals surface area contributed by atoms with Gasteiger partial charge in [0.05, 0.1) is 5.41 Å². The molecule has 2 aliphatic rings. The van der Waals surface area contributed by atoms with Crippen LogP contribution < -0.4 is 4.90 Å². The Morgan fingerprint density at radius 3 is 2.64 bits per heavy atom. The summed E-state index contributed by atoms with van der Waals surface area (Å²) in [5.74, 6) is 1.03. The van der Waals surface area contributed by atoms with Gasteiger partial charge >= 0.3 is 0 Å². The number of benzene rings is 2. The molecule has 130 valence electrons. The van der Waals surface area contributed by atoms with Crippen LogP contribution in [0.4, 0.5) is 5.69 Å². The molecule has 1 fully saturated rings. The van der Waals surface area contributed by atoms with Crippen molar-refractivity contribution in [3.8, 4) is 0 Å². The molecule has 1 saturated carbocycles. The Hall–Kier alpha value is -1.80. The quantitative estimate of drug-likeness (QED) is 0.698. The number of halogens is 1. The van der Waals surface area contributed by atoms with E-state index < -0.39 is 0 Å². The third kappa shape index (κ3) is 2.67. The summed E-state index contributed by atoms with van der Waals surface area (Å²) in [6, 6.07) is 19.4. The van der Waals surface area contributed by atoms with Gasteiger partial charge in [-0.1, -0.05) is 48.5 Å². The zero-order chi connectivity index (χ0) is 17.3. The molecule has 2 aromatic rings. The van der Waals surface area contributed by atoms with E-state index in [1.165, 1.54) is 16.8 Å². The Labute approximate surface area is 154 Å². The number of Topliss-reactive ketones (excluding diaryl/α,β-unsaturated/α-hetero) is 1. The van der Waals surface area contributed by atoms with Crippen LogP contribution in [0, 0.1) is 0 Å². The molecule has 1 aliphatic heterocycles. The van der Waals surface area contributed by atoms with Crippen LogP contribution in [-0.2, 0) is 16.8 Å². The number of ketones is 1. The maximum absolute atomic E-state index is 13.2. The van der Waals surface area contributed by atoms with Crippen LogP contribution in [0.25, 0.3) is 0 Å². The number of hydrogen-bond acceptors (Lipinski definition) is 2. The lowest BCUT2D eigenvalue weighted by Gasteiger charge is -2.42. The molecule has 3 heteroatoms. The second-order valence-electron chi connectivity index (χ2n) is 7.23. The van der Waals surface area contributed by atoms with Gasteiger partial charge in [0.15, 0.2) is 0 Å². The molecule has 2 atom stereocenters. The van der Waals surface area contributed by atoms with E-state index >= 15 is 0 Å². The number of fused-ring (bicyclic) bond motifs is 3. The second-order valence-corrected chi connectivity index (χ2v) is 7.60. The molecule has 25 heavy (non-hydrogen) atoms. The number of carbonyl (C=O) groups excluding carboxylic acids is 1. The molecular formula is C22H24ClNO. The average molecular weight is 354 g/mol. The minimum absolute atomic E-state index is 0.259. The standard InChI is InChI=1S/C22H24ClNO/c23-15-7-14-22-18-10-4-5-11-19(18)24(16-17-8-2-1-3-9-17)20(22)12-6-13-21(22)25/h1-5,8-11,20H,6-7,12-16H2/t20-,22-/m0/s1. The molecule has 2 nitrogen and oxygen atoms in total. The molecule has 0 bridgehead atoms. The smallest absolute Gasteiger partial charge is 0.145 e. The zero-order valence-corrected chi connectivity index (χ0v) is 15.2. The van der Waals surface area contributed by atoms with E-state index in [2.05, 4.69) is 59.5 Å². The van der Waals surface area contributed by atoms with E-state index in [0.29, 0.717) is 18.1 Å². The number of rotatable bonds is 5. The fourth-order valence-electron chi connectivity index (χ4n) is 4.89. The van der Waals surface area contributed by atoms with Crippen molar-refractivity contribution in [1.29, 1.82) is 0 Å². The van der Waals surface area contributed by atoms with Crippen molar-refractivity contribution >= 4 is 23.1 Å². The van der Waals surface area contributed by atoms with Crippen molar-refractivity contribution in [3.63, 3.8) is 0 Å². The Bertz CT molecular complexity index is 760. The summed E-state index contributed by atoms with van der Waals surface area (Å²) in [6.07, 6.45) is 4.52. The minimum atomic E-state index is -0.363. The highest BCUT2D eigenvalue weighted by Crippen LogP contribution is 2.53. The van der Waals surface area contributed by atoms with Gasteiger partial charge in [-0.25, -0.2) is 0 Å². The van der Waals surface area contributed by atoms with Crippen LogP contribution >= 0.6 is 11.6 Å². The maximum Gasteiger partial charge on any atom is 0.145 e. The van der Waals surface area contributed by atoms with E-state index in [-0.39, 0.29) is 11.5 Å². The zero-order valence-electron chi connectivity index (χ0n) is 14.5. The van der Waals surface area contributed by atoms with Gasteiger partial charge in [0.25, 0.3) is 0 Å². The number of alkyl halides is 1. The molecule has 0 amide bonds. The Balaban J connectivity index is 1.80.